The summed E-state index contributed by atoms with van der Waals surface area (Å²) < 4.78 is 20.6. The Balaban J connectivity index is 1.71. The minimum Gasteiger partial charge on any atom is -0.489 e. The molecule has 2 heterocycles. The average molecular weight is 403 g/mol. The second-order valence-electron chi connectivity index (χ2n) is 6.34. The van der Waals surface area contributed by atoms with Crippen molar-refractivity contribution in [2.45, 2.75) is 13.8 Å². The predicted octanol–water partition coefficient (Wildman–Crippen LogP) is 3.83. The third-order valence-corrected chi connectivity index (χ3v) is 4.43. The molecule has 8 heteroatoms. The van der Waals surface area contributed by atoms with Gasteiger partial charge in [0.1, 0.15) is 12.3 Å². The molecule has 146 valence electrons. The summed E-state index contributed by atoms with van der Waals surface area (Å²) in [5, 5.41) is 4.62. The Bertz CT molecular complexity index is 1010. The maximum absolute atomic E-state index is 13.6. The van der Waals surface area contributed by atoms with Gasteiger partial charge in [-0.25, -0.2) is 14.1 Å². The molecule has 3 rings (SSSR count). The van der Waals surface area contributed by atoms with E-state index in [1.165, 1.54) is 17.0 Å². The molecule has 3 aromatic rings. The third-order valence-electron chi connectivity index (χ3n) is 4.13. The van der Waals surface area contributed by atoms with Crippen LogP contribution in [0.15, 0.2) is 42.5 Å². The van der Waals surface area contributed by atoms with Crippen molar-refractivity contribution in [2.75, 3.05) is 20.2 Å². The van der Waals surface area contributed by atoms with E-state index in [0.29, 0.717) is 5.82 Å². The van der Waals surface area contributed by atoms with Gasteiger partial charge in [0.25, 0.3) is 5.91 Å². The van der Waals surface area contributed by atoms with E-state index in [2.05, 4.69) is 10.1 Å². The summed E-state index contributed by atoms with van der Waals surface area (Å²) in [6.45, 7) is 4.17. The number of amides is 1. The maximum atomic E-state index is 13.6. The number of pyridine rings is 1. The zero-order valence-electron chi connectivity index (χ0n) is 15.8. The lowest BCUT2D eigenvalue weighted by Gasteiger charge is -2.18. The van der Waals surface area contributed by atoms with Gasteiger partial charge in [0.05, 0.1) is 17.3 Å². The molecule has 0 bridgehead atoms. The van der Waals surface area contributed by atoms with E-state index in [4.69, 9.17) is 16.3 Å². The summed E-state index contributed by atoms with van der Waals surface area (Å²) in [4.78, 5) is 18.6. The van der Waals surface area contributed by atoms with Crippen LogP contribution in [0.5, 0.6) is 5.75 Å². The van der Waals surface area contributed by atoms with Crippen molar-refractivity contribution in [3.8, 4) is 11.6 Å². The average Bonchev–Trinajstić information content (AvgIpc) is 3.01. The molecule has 6 nitrogen and oxygen atoms in total. The van der Waals surface area contributed by atoms with Crippen LogP contribution in [0.3, 0.4) is 0 Å². The second-order valence-corrected chi connectivity index (χ2v) is 6.75. The number of likely N-dealkylation sites (N-methyl/N-ethyl adjacent to an activating group) is 1. The molecule has 0 aliphatic rings. The smallest absolute Gasteiger partial charge is 0.273 e. The van der Waals surface area contributed by atoms with Crippen LogP contribution >= 0.6 is 11.6 Å². The summed E-state index contributed by atoms with van der Waals surface area (Å²) >= 11 is 6.20. The van der Waals surface area contributed by atoms with Crippen molar-refractivity contribution in [2.24, 2.45) is 0 Å². The summed E-state index contributed by atoms with van der Waals surface area (Å²) in [6.07, 6.45) is 0. The molecule has 1 aromatic carbocycles. The fourth-order valence-electron chi connectivity index (χ4n) is 2.70. The number of halogens is 2. The van der Waals surface area contributed by atoms with Crippen LogP contribution in [0, 0.1) is 19.7 Å². The Kier molecular flexibility index (Phi) is 5.94. The van der Waals surface area contributed by atoms with Gasteiger partial charge in [-0.05, 0) is 44.2 Å². The Morgan fingerprint density at radius 3 is 2.68 bits per heavy atom. The number of benzene rings is 1. The fraction of sp³-hybridized carbons (Fsp3) is 0.250. The molecule has 0 N–H and O–H groups in total. The quantitative estimate of drug-likeness (QED) is 0.628. The van der Waals surface area contributed by atoms with Gasteiger partial charge in [0.2, 0.25) is 0 Å². The largest absolute Gasteiger partial charge is 0.489 e. The number of nitrogens with zero attached hydrogens (tertiary/aromatic N) is 4. The third kappa shape index (κ3) is 4.31. The Morgan fingerprint density at radius 1 is 1.25 bits per heavy atom. The predicted molar refractivity (Wildman–Crippen MR) is 105 cm³/mol. The van der Waals surface area contributed by atoms with Crippen molar-refractivity contribution in [3.63, 3.8) is 0 Å². The highest BCUT2D eigenvalue weighted by molar-refractivity contribution is 6.33. The van der Waals surface area contributed by atoms with E-state index < -0.39 is 5.82 Å². The van der Waals surface area contributed by atoms with E-state index >= 15 is 0 Å². The molecule has 0 fully saturated rings. The van der Waals surface area contributed by atoms with Crippen LogP contribution in [0.2, 0.25) is 5.02 Å². The first-order valence-corrected chi connectivity index (χ1v) is 9.07. The standard InChI is InChI=1S/C20H20ClFN4O2/c1-13-12-14(2)26(24-13)18-9-8-15(21)19(23-18)20(27)25(3)10-11-28-17-7-5-4-6-16(17)22/h4-9,12H,10-11H2,1-3H3. The summed E-state index contributed by atoms with van der Waals surface area (Å²) in [6, 6.07) is 11.4. The van der Waals surface area contributed by atoms with Crippen molar-refractivity contribution in [1.29, 1.82) is 0 Å². The van der Waals surface area contributed by atoms with Crippen molar-refractivity contribution in [1.82, 2.24) is 19.7 Å². The molecule has 2 aromatic heterocycles. The molecule has 28 heavy (non-hydrogen) atoms. The number of carbonyl (C=O) groups excluding carboxylic acids is 1. The van der Waals surface area contributed by atoms with Gasteiger partial charge in [-0.15, -0.1) is 0 Å². The number of aromatic nitrogens is 3. The fourth-order valence-corrected chi connectivity index (χ4v) is 2.88. The summed E-state index contributed by atoms with van der Waals surface area (Å²) in [5.74, 6) is -0.148. The monoisotopic (exact) mass is 402 g/mol. The molecule has 0 aliphatic heterocycles. The van der Waals surface area contributed by atoms with E-state index in [1.54, 1.807) is 36.0 Å². The molecule has 0 saturated heterocycles. The lowest BCUT2D eigenvalue weighted by molar-refractivity contribution is 0.0767. The van der Waals surface area contributed by atoms with Crippen LogP contribution < -0.4 is 4.74 Å². The zero-order valence-corrected chi connectivity index (χ0v) is 16.6. The molecular weight excluding hydrogens is 383 g/mol. The number of hydrogen-bond donors (Lipinski definition) is 0. The van der Waals surface area contributed by atoms with Gasteiger partial charge >= 0.3 is 0 Å². The van der Waals surface area contributed by atoms with Crippen LogP contribution in [-0.4, -0.2) is 45.8 Å². The lowest BCUT2D eigenvalue weighted by atomic mass is 10.3. The van der Waals surface area contributed by atoms with Gasteiger partial charge < -0.3 is 9.64 Å². The van der Waals surface area contributed by atoms with Gasteiger partial charge in [-0.3, -0.25) is 4.79 Å². The highest BCUT2D eigenvalue weighted by atomic mass is 35.5. The lowest BCUT2D eigenvalue weighted by Crippen LogP contribution is -2.32. The summed E-state index contributed by atoms with van der Waals surface area (Å²) in [7, 11) is 1.61. The molecule has 0 aliphatic carbocycles. The van der Waals surface area contributed by atoms with E-state index in [9.17, 15) is 9.18 Å². The van der Waals surface area contributed by atoms with Crippen LogP contribution in [0.4, 0.5) is 4.39 Å². The first-order valence-electron chi connectivity index (χ1n) is 8.70. The minimum atomic E-state index is -0.446. The molecule has 1 amide bonds. The SMILES string of the molecule is Cc1cc(C)n(-c2ccc(Cl)c(C(=O)N(C)CCOc3ccccc3F)n2)n1. The van der Waals surface area contributed by atoms with E-state index in [0.717, 1.165) is 11.4 Å². The number of hydrogen-bond acceptors (Lipinski definition) is 4. The van der Waals surface area contributed by atoms with Gasteiger partial charge in [0, 0.05) is 12.7 Å². The molecular formula is C20H20ClFN4O2. The van der Waals surface area contributed by atoms with Crippen LogP contribution in [0.25, 0.3) is 5.82 Å². The van der Waals surface area contributed by atoms with E-state index in [-0.39, 0.29) is 35.5 Å². The van der Waals surface area contributed by atoms with Gasteiger partial charge in [0.15, 0.2) is 17.4 Å². The van der Waals surface area contributed by atoms with Crippen molar-refractivity contribution < 1.29 is 13.9 Å². The first-order chi connectivity index (χ1) is 13.4. The number of carbonyl (C=O) groups is 1. The maximum Gasteiger partial charge on any atom is 0.273 e. The Hall–Kier alpha value is -2.93. The number of para-hydroxylation sites is 1. The first kappa shape index (κ1) is 19.8. The zero-order chi connectivity index (χ0) is 20.3. The Labute approximate surface area is 167 Å². The second kappa shape index (κ2) is 8.39. The molecule has 0 radical (unpaired) electrons. The molecule has 0 saturated carbocycles. The highest BCUT2D eigenvalue weighted by Gasteiger charge is 2.19. The van der Waals surface area contributed by atoms with Gasteiger partial charge in [-0.1, -0.05) is 23.7 Å². The van der Waals surface area contributed by atoms with Crippen molar-refractivity contribution in [3.05, 3.63) is 70.4 Å². The highest BCUT2D eigenvalue weighted by Crippen LogP contribution is 2.19. The molecule has 0 spiro atoms. The minimum absolute atomic E-state index is 0.125. The molecule has 0 unspecified atom stereocenters. The summed E-state index contributed by atoms with van der Waals surface area (Å²) in [5.41, 5.74) is 1.88. The van der Waals surface area contributed by atoms with Gasteiger partial charge in [-0.2, -0.15) is 5.10 Å². The topological polar surface area (TPSA) is 60.2 Å². The van der Waals surface area contributed by atoms with E-state index in [1.807, 2.05) is 19.9 Å². The van der Waals surface area contributed by atoms with Crippen LogP contribution in [0.1, 0.15) is 21.9 Å². The molecule has 0 atom stereocenters. The number of aryl methyl sites for hydroxylation is 2. The van der Waals surface area contributed by atoms with Crippen molar-refractivity contribution >= 4 is 17.5 Å². The Morgan fingerprint density at radius 2 is 2.00 bits per heavy atom. The van der Waals surface area contributed by atoms with Crippen LogP contribution in [-0.2, 0) is 0 Å². The number of rotatable bonds is 6. The number of ether oxygens (including phenoxy) is 1. The normalized spacial score (nSPS) is 10.8.